The molecule has 0 aliphatic heterocycles. The van der Waals surface area contributed by atoms with Gasteiger partial charge >= 0.3 is 0 Å². The fraction of sp³-hybridized carbons (Fsp3) is 0.355. The van der Waals surface area contributed by atoms with Crippen LogP contribution in [0.2, 0.25) is 0 Å². The van der Waals surface area contributed by atoms with E-state index in [1.807, 2.05) is 48.5 Å². The molecule has 0 saturated heterocycles. The standard InChI is InChI=1S/C31H38N4O3S2/c1-2-3-4-11-21-33-30(37)25-15-7-9-17-27(25)39-40-28-18-10-8-16-26(28)31(38)34-22-12-5-6-19-29(36)35-24-14-13-20-32-23-24/h7-10,13-18,20,23H,2-6,11-12,19,21-22H2,1H3,(H,33,37)(H,34,38)(H,35,36). The minimum atomic E-state index is -0.129. The highest BCUT2D eigenvalue weighted by molar-refractivity contribution is 8.76. The molecule has 0 bridgehead atoms. The molecule has 2 aromatic carbocycles. The predicted molar refractivity (Wildman–Crippen MR) is 165 cm³/mol. The van der Waals surface area contributed by atoms with Crippen LogP contribution in [0.25, 0.3) is 0 Å². The molecule has 3 aromatic rings. The minimum absolute atomic E-state index is 0.0356. The fourth-order valence-electron chi connectivity index (χ4n) is 3.94. The number of unbranched alkanes of at least 4 members (excludes halogenated alkanes) is 5. The lowest BCUT2D eigenvalue weighted by Gasteiger charge is -2.12. The molecule has 3 N–H and O–H groups in total. The van der Waals surface area contributed by atoms with Crippen LogP contribution in [0.4, 0.5) is 5.69 Å². The molecule has 0 radical (unpaired) electrons. The number of hydrogen-bond donors (Lipinski definition) is 3. The molecule has 0 atom stereocenters. The van der Waals surface area contributed by atoms with Gasteiger partial charge in [-0.15, -0.1) is 0 Å². The quantitative estimate of drug-likeness (QED) is 0.116. The van der Waals surface area contributed by atoms with Crippen molar-refractivity contribution in [2.45, 2.75) is 68.1 Å². The lowest BCUT2D eigenvalue weighted by atomic mass is 10.1. The monoisotopic (exact) mass is 578 g/mol. The van der Waals surface area contributed by atoms with Crippen LogP contribution in [-0.4, -0.2) is 35.8 Å². The Labute approximate surface area is 245 Å². The molecule has 0 unspecified atom stereocenters. The van der Waals surface area contributed by atoms with Crippen LogP contribution in [0.15, 0.2) is 82.8 Å². The zero-order valence-corrected chi connectivity index (χ0v) is 24.6. The van der Waals surface area contributed by atoms with Crippen molar-refractivity contribution in [3.05, 3.63) is 84.2 Å². The van der Waals surface area contributed by atoms with Gasteiger partial charge in [0.1, 0.15) is 0 Å². The maximum absolute atomic E-state index is 12.9. The van der Waals surface area contributed by atoms with Crippen LogP contribution in [0.3, 0.4) is 0 Å². The van der Waals surface area contributed by atoms with Crippen molar-refractivity contribution in [2.75, 3.05) is 18.4 Å². The summed E-state index contributed by atoms with van der Waals surface area (Å²) in [6.45, 7) is 3.38. The van der Waals surface area contributed by atoms with Crippen molar-refractivity contribution in [1.82, 2.24) is 15.6 Å². The van der Waals surface area contributed by atoms with E-state index in [0.717, 1.165) is 48.3 Å². The minimum Gasteiger partial charge on any atom is -0.352 e. The molecule has 0 aliphatic rings. The molecular weight excluding hydrogens is 541 g/mol. The van der Waals surface area contributed by atoms with Crippen molar-refractivity contribution >= 4 is 45.0 Å². The van der Waals surface area contributed by atoms with Crippen molar-refractivity contribution in [3.63, 3.8) is 0 Å². The number of benzene rings is 2. The number of amides is 3. The Kier molecular flexibility index (Phi) is 14.2. The number of hydrogen-bond acceptors (Lipinski definition) is 6. The number of carbonyl (C=O) groups excluding carboxylic acids is 3. The van der Waals surface area contributed by atoms with E-state index in [9.17, 15) is 14.4 Å². The van der Waals surface area contributed by atoms with Gasteiger partial charge in [0.25, 0.3) is 11.8 Å². The number of nitrogens with zero attached hydrogens (tertiary/aromatic N) is 1. The maximum Gasteiger partial charge on any atom is 0.252 e. The van der Waals surface area contributed by atoms with Crippen LogP contribution in [0.5, 0.6) is 0 Å². The summed E-state index contributed by atoms with van der Waals surface area (Å²) in [7, 11) is 2.95. The van der Waals surface area contributed by atoms with E-state index >= 15 is 0 Å². The van der Waals surface area contributed by atoms with E-state index < -0.39 is 0 Å². The van der Waals surface area contributed by atoms with Gasteiger partial charge in [-0.2, -0.15) is 0 Å². The Balaban J connectivity index is 1.42. The van der Waals surface area contributed by atoms with Crippen LogP contribution < -0.4 is 16.0 Å². The number of pyridine rings is 1. The topological polar surface area (TPSA) is 100 Å². The van der Waals surface area contributed by atoms with Crippen molar-refractivity contribution in [1.29, 1.82) is 0 Å². The van der Waals surface area contributed by atoms with E-state index in [4.69, 9.17) is 0 Å². The Bertz CT molecular complexity index is 1220. The number of anilines is 1. The van der Waals surface area contributed by atoms with Gasteiger partial charge in [0, 0.05) is 35.5 Å². The highest BCUT2D eigenvalue weighted by Gasteiger charge is 2.15. The van der Waals surface area contributed by atoms with Crippen LogP contribution in [-0.2, 0) is 4.79 Å². The normalized spacial score (nSPS) is 10.6. The molecule has 0 spiro atoms. The molecule has 212 valence electrons. The summed E-state index contributed by atoms with van der Waals surface area (Å²) in [4.78, 5) is 43.4. The van der Waals surface area contributed by atoms with Gasteiger partial charge in [0.15, 0.2) is 0 Å². The average molecular weight is 579 g/mol. The van der Waals surface area contributed by atoms with Gasteiger partial charge in [-0.3, -0.25) is 19.4 Å². The number of rotatable bonds is 17. The zero-order chi connectivity index (χ0) is 28.4. The second-order valence-electron chi connectivity index (χ2n) is 9.33. The van der Waals surface area contributed by atoms with E-state index in [1.54, 1.807) is 24.5 Å². The summed E-state index contributed by atoms with van der Waals surface area (Å²) in [5.74, 6) is -0.233. The van der Waals surface area contributed by atoms with Crippen molar-refractivity contribution in [3.8, 4) is 0 Å². The number of carbonyl (C=O) groups is 3. The number of aromatic nitrogens is 1. The molecule has 9 heteroatoms. The average Bonchev–Trinajstić information content (AvgIpc) is 2.98. The van der Waals surface area contributed by atoms with Gasteiger partial charge in [0.2, 0.25) is 5.91 Å². The molecule has 3 rings (SSSR count). The molecule has 1 aromatic heterocycles. The van der Waals surface area contributed by atoms with Crippen LogP contribution >= 0.6 is 21.6 Å². The molecule has 0 saturated carbocycles. The van der Waals surface area contributed by atoms with E-state index in [2.05, 4.69) is 27.9 Å². The van der Waals surface area contributed by atoms with Gasteiger partial charge < -0.3 is 16.0 Å². The zero-order valence-electron chi connectivity index (χ0n) is 23.0. The first-order chi connectivity index (χ1) is 19.6. The molecule has 3 amide bonds. The summed E-state index contributed by atoms with van der Waals surface area (Å²) in [5, 5.41) is 8.86. The van der Waals surface area contributed by atoms with Crippen LogP contribution in [0, 0.1) is 0 Å². The van der Waals surface area contributed by atoms with E-state index in [1.165, 1.54) is 28.0 Å². The summed E-state index contributed by atoms with van der Waals surface area (Å²) in [6, 6.07) is 18.6. The second kappa shape index (κ2) is 18.1. The Morgan fingerprint density at radius 1 is 0.700 bits per heavy atom. The summed E-state index contributed by atoms with van der Waals surface area (Å²) in [6.07, 6.45) is 10.5. The first-order valence-electron chi connectivity index (χ1n) is 13.9. The van der Waals surface area contributed by atoms with Gasteiger partial charge in [-0.05, 0) is 55.7 Å². The van der Waals surface area contributed by atoms with Gasteiger partial charge in [0.05, 0.1) is 23.0 Å². The molecule has 7 nitrogen and oxygen atoms in total. The first kappa shape index (κ1) is 31.2. The Morgan fingerprint density at radius 3 is 1.82 bits per heavy atom. The SMILES string of the molecule is CCCCCCNC(=O)c1ccccc1SSc1ccccc1C(=O)NCCCCCC(=O)Nc1cccnc1. The van der Waals surface area contributed by atoms with Gasteiger partial charge in [-0.25, -0.2) is 0 Å². The Morgan fingerprint density at radius 2 is 1.27 bits per heavy atom. The van der Waals surface area contributed by atoms with Crippen molar-refractivity contribution < 1.29 is 14.4 Å². The fourth-order valence-corrected chi connectivity index (χ4v) is 6.30. The third-order valence-corrected chi connectivity index (χ3v) is 8.59. The van der Waals surface area contributed by atoms with Crippen LogP contribution in [0.1, 0.15) is 79.0 Å². The maximum atomic E-state index is 12.9. The third-order valence-electron chi connectivity index (χ3n) is 6.11. The summed E-state index contributed by atoms with van der Waals surface area (Å²) >= 11 is 0. The smallest absolute Gasteiger partial charge is 0.252 e. The first-order valence-corrected chi connectivity index (χ1v) is 16.0. The largest absolute Gasteiger partial charge is 0.352 e. The lowest BCUT2D eigenvalue weighted by molar-refractivity contribution is -0.116. The second-order valence-corrected chi connectivity index (χ2v) is 11.5. The highest BCUT2D eigenvalue weighted by Crippen LogP contribution is 2.40. The molecule has 0 aliphatic carbocycles. The molecule has 40 heavy (non-hydrogen) atoms. The molecule has 1 heterocycles. The Hall–Kier alpha value is -3.30. The predicted octanol–water partition coefficient (Wildman–Crippen LogP) is 7.12. The molecular formula is C31H38N4O3S2. The molecule has 0 fully saturated rings. The van der Waals surface area contributed by atoms with Crippen molar-refractivity contribution in [2.24, 2.45) is 0 Å². The summed E-state index contributed by atoms with van der Waals surface area (Å²) in [5.41, 5.74) is 1.94. The highest BCUT2D eigenvalue weighted by atomic mass is 33.1. The van der Waals surface area contributed by atoms with Gasteiger partial charge in [-0.1, -0.05) is 78.5 Å². The number of nitrogens with one attached hydrogen (secondary N) is 3. The van der Waals surface area contributed by atoms with E-state index in [0.29, 0.717) is 36.3 Å². The lowest BCUT2D eigenvalue weighted by Crippen LogP contribution is -2.25. The van der Waals surface area contributed by atoms with E-state index in [-0.39, 0.29) is 17.7 Å². The summed E-state index contributed by atoms with van der Waals surface area (Å²) < 4.78 is 0. The third kappa shape index (κ3) is 11.1.